The Morgan fingerprint density at radius 3 is 2.71 bits per heavy atom. The molecule has 1 aliphatic rings. The first-order valence-corrected chi connectivity index (χ1v) is 9.35. The summed E-state index contributed by atoms with van der Waals surface area (Å²) in [6.45, 7) is 2.07. The molecule has 2 aromatic carbocycles. The van der Waals surface area contributed by atoms with E-state index in [1.165, 1.54) is 36.4 Å². The van der Waals surface area contributed by atoms with Gasteiger partial charge in [0.2, 0.25) is 0 Å². The van der Waals surface area contributed by atoms with Crippen LogP contribution < -0.4 is 15.0 Å². The number of ether oxygens (including phenoxy) is 1. The maximum atomic E-state index is 14.2. The van der Waals surface area contributed by atoms with Crippen LogP contribution >= 0.6 is 28.1 Å². The van der Waals surface area contributed by atoms with E-state index in [1.807, 2.05) is 0 Å². The molecule has 1 fully saturated rings. The Labute approximate surface area is 173 Å². The molecular formula is C19H14BrFN2O4S. The van der Waals surface area contributed by atoms with Crippen molar-refractivity contribution in [3.05, 3.63) is 57.8 Å². The zero-order valence-electron chi connectivity index (χ0n) is 14.5. The Kier molecular flexibility index (Phi) is 5.76. The lowest BCUT2D eigenvalue weighted by molar-refractivity contribution is -0.122. The Morgan fingerprint density at radius 1 is 1.32 bits per heavy atom. The number of benzene rings is 2. The van der Waals surface area contributed by atoms with Gasteiger partial charge in [-0.25, -0.2) is 9.29 Å². The van der Waals surface area contributed by atoms with Crippen LogP contribution in [0.2, 0.25) is 0 Å². The minimum atomic E-state index is -0.763. The second-order valence-electron chi connectivity index (χ2n) is 5.69. The van der Waals surface area contributed by atoms with Crippen molar-refractivity contribution in [2.24, 2.45) is 0 Å². The second kappa shape index (κ2) is 8.07. The molecule has 1 saturated heterocycles. The molecule has 0 spiro atoms. The average Bonchev–Trinajstić information content (AvgIpc) is 2.64. The van der Waals surface area contributed by atoms with Gasteiger partial charge < -0.3 is 9.84 Å². The molecule has 0 atom stereocenters. The summed E-state index contributed by atoms with van der Waals surface area (Å²) >= 11 is 8.26. The smallest absolute Gasteiger partial charge is 0.270 e. The van der Waals surface area contributed by atoms with Gasteiger partial charge in [0, 0.05) is 0 Å². The number of halogens is 2. The van der Waals surface area contributed by atoms with Crippen molar-refractivity contribution in [2.75, 3.05) is 11.5 Å². The summed E-state index contributed by atoms with van der Waals surface area (Å²) in [6.07, 6.45) is 1.32. The zero-order valence-corrected chi connectivity index (χ0v) is 16.9. The van der Waals surface area contributed by atoms with Crippen LogP contribution in [-0.4, -0.2) is 28.6 Å². The molecule has 0 bridgehead atoms. The first-order chi connectivity index (χ1) is 13.3. The van der Waals surface area contributed by atoms with Gasteiger partial charge in [-0.2, -0.15) is 0 Å². The summed E-state index contributed by atoms with van der Waals surface area (Å²) in [4.78, 5) is 26.2. The maximum Gasteiger partial charge on any atom is 0.270 e. The van der Waals surface area contributed by atoms with Crippen molar-refractivity contribution in [3.63, 3.8) is 0 Å². The van der Waals surface area contributed by atoms with Gasteiger partial charge in [-0.05, 0) is 71.0 Å². The van der Waals surface area contributed by atoms with Gasteiger partial charge in [0.1, 0.15) is 11.4 Å². The SMILES string of the molecule is CCOc1cc(/C=C2\C(=O)NC(=S)N(c3ccccc3F)C2=O)cc(Br)c1O. The molecule has 2 N–H and O–H groups in total. The Bertz CT molecular complexity index is 1020. The van der Waals surface area contributed by atoms with Crippen LogP contribution in [-0.2, 0) is 9.59 Å². The minimum absolute atomic E-state index is 0.0645. The van der Waals surface area contributed by atoms with E-state index >= 15 is 0 Å². The summed E-state index contributed by atoms with van der Waals surface area (Å²) in [5, 5.41) is 12.2. The molecule has 2 aromatic rings. The predicted molar refractivity (Wildman–Crippen MR) is 110 cm³/mol. The molecule has 2 amide bonds. The predicted octanol–water partition coefficient (Wildman–Crippen LogP) is 3.52. The number of aromatic hydroxyl groups is 1. The van der Waals surface area contributed by atoms with Gasteiger partial charge in [0.15, 0.2) is 16.6 Å². The molecule has 6 nitrogen and oxygen atoms in total. The van der Waals surface area contributed by atoms with E-state index in [2.05, 4.69) is 21.2 Å². The van der Waals surface area contributed by atoms with E-state index in [0.29, 0.717) is 16.6 Å². The number of phenols is 1. The number of anilines is 1. The van der Waals surface area contributed by atoms with Gasteiger partial charge >= 0.3 is 0 Å². The number of phenolic OH excluding ortho intramolecular Hbond substituents is 1. The van der Waals surface area contributed by atoms with E-state index < -0.39 is 17.6 Å². The summed E-state index contributed by atoms with van der Waals surface area (Å²) in [5.41, 5.74) is 0.120. The highest BCUT2D eigenvalue weighted by Gasteiger charge is 2.35. The van der Waals surface area contributed by atoms with E-state index in [9.17, 15) is 19.1 Å². The number of carbonyl (C=O) groups is 2. The number of para-hydroxylation sites is 1. The molecule has 9 heteroatoms. The highest BCUT2D eigenvalue weighted by Crippen LogP contribution is 2.36. The quantitative estimate of drug-likeness (QED) is 0.411. The fourth-order valence-electron chi connectivity index (χ4n) is 2.62. The molecule has 28 heavy (non-hydrogen) atoms. The second-order valence-corrected chi connectivity index (χ2v) is 6.93. The standard InChI is InChI=1S/C19H14BrFN2O4S/c1-2-27-15-9-10(8-12(20)16(15)24)7-11-17(25)22-19(28)23(18(11)26)14-6-4-3-5-13(14)21/h3-9,24H,2H2,1H3,(H,22,25,28)/b11-7+. The molecule has 144 valence electrons. The number of amides is 2. The summed E-state index contributed by atoms with van der Waals surface area (Å²) in [6, 6.07) is 8.62. The molecule has 0 aliphatic carbocycles. The number of thiocarbonyl (C=S) groups is 1. The number of nitrogens with zero attached hydrogens (tertiary/aromatic N) is 1. The normalized spacial score (nSPS) is 15.8. The monoisotopic (exact) mass is 464 g/mol. The fourth-order valence-corrected chi connectivity index (χ4v) is 3.35. The number of carbonyl (C=O) groups excluding carboxylic acids is 2. The van der Waals surface area contributed by atoms with Crippen molar-refractivity contribution in [2.45, 2.75) is 6.92 Å². The van der Waals surface area contributed by atoms with Crippen LogP contribution in [0.15, 0.2) is 46.4 Å². The molecule has 1 aliphatic heterocycles. The van der Waals surface area contributed by atoms with Crippen LogP contribution in [0.1, 0.15) is 12.5 Å². The molecule has 0 saturated carbocycles. The summed E-state index contributed by atoms with van der Waals surface area (Å²) in [5.74, 6) is -2.03. The third kappa shape index (κ3) is 3.76. The van der Waals surface area contributed by atoms with Gasteiger partial charge in [0.05, 0.1) is 16.8 Å². The van der Waals surface area contributed by atoms with Crippen LogP contribution in [0.25, 0.3) is 6.08 Å². The minimum Gasteiger partial charge on any atom is -0.503 e. The van der Waals surface area contributed by atoms with Crippen molar-refractivity contribution in [1.82, 2.24) is 5.32 Å². The largest absolute Gasteiger partial charge is 0.503 e. The number of nitrogens with one attached hydrogen (secondary N) is 1. The Morgan fingerprint density at radius 2 is 2.04 bits per heavy atom. The topological polar surface area (TPSA) is 78.9 Å². The molecule has 0 aromatic heterocycles. The Balaban J connectivity index is 2.06. The number of hydrogen-bond donors (Lipinski definition) is 2. The van der Waals surface area contributed by atoms with Crippen LogP contribution in [0.3, 0.4) is 0 Å². The Hall–Kier alpha value is -2.78. The van der Waals surface area contributed by atoms with Crippen molar-refractivity contribution in [1.29, 1.82) is 0 Å². The van der Waals surface area contributed by atoms with Crippen molar-refractivity contribution < 1.29 is 23.8 Å². The fraction of sp³-hybridized carbons (Fsp3) is 0.105. The summed E-state index contributed by atoms with van der Waals surface area (Å²) < 4.78 is 19.8. The van der Waals surface area contributed by atoms with E-state index in [4.69, 9.17) is 17.0 Å². The third-order valence-electron chi connectivity index (χ3n) is 3.86. The van der Waals surface area contributed by atoms with Gasteiger partial charge in [-0.1, -0.05) is 12.1 Å². The highest BCUT2D eigenvalue weighted by molar-refractivity contribution is 9.10. The number of hydrogen-bond acceptors (Lipinski definition) is 5. The van der Waals surface area contributed by atoms with Gasteiger partial charge in [-0.15, -0.1) is 0 Å². The summed E-state index contributed by atoms with van der Waals surface area (Å²) in [7, 11) is 0. The van der Waals surface area contributed by atoms with E-state index in [1.54, 1.807) is 13.0 Å². The average molecular weight is 465 g/mol. The van der Waals surface area contributed by atoms with Crippen molar-refractivity contribution in [3.8, 4) is 11.5 Å². The van der Waals surface area contributed by atoms with Crippen LogP contribution in [0.5, 0.6) is 11.5 Å². The lowest BCUT2D eigenvalue weighted by Gasteiger charge is -2.29. The lowest BCUT2D eigenvalue weighted by Crippen LogP contribution is -2.54. The molecule has 0 unspecified atom stereocenters. The molecule has 1 heterocycles. The number of rotatable bonds is 4. The van der Waals surface area contributed by atoms with E-state index in [-0.39, 0.29) is 27.9 Å². The molecular weight excluding hydrogens is 451 g/mol. The highest BCUT2D eigenvalue weighted by atomic mass is 79.9. The van der Waals surface area contributed by atoms with E-state index in [0.717, 1.165) is 4.90 Å². The first-order valence-electron chi connectivity index (χ1n) is 8.14. The molecule has 0 radical (unpaired) electrons. The van der Waals surface area contributed by atoms with Crippen molar-refractivity contribution >= 4 is 56.8 Å². The lowest BCUT2D eigenvalue weighted by atomic mass is 10.1. The maximum absolute atomic E-state index is 14.2. The van der Waals surface area contributed by atoms with Crippen LogP contribution in [0.4, 0.5) is 10.1 Å². The van der Waals surface area contributed by atoms with Gasteiger partial charge in [0.25, 0.3) is 11.8 Å². The first kappa shape index (κ1) is 20.0. The zero-order chi connectivity index (χ0) is 20.4. The molecule has 3 rings (SSSR count). The van der Waals surface area contributed by atoms with Gasteiger partial charge in [-0.3, -0.25) is 14.9 Å². The van der Waals surface area contributed by atoms with Crippen LogP contribution in [0, 0.1) is 5.82 Å². The third-order valence-corrected chi connectivity index (χ3v) is 4.75.